The third-order valence-electron chi connectivity index (χ3n) is 3.07. The highest BCUT2D eigenvalue weighted by molar-refractivity contribution is 8.09. The topological polar surface area (TPSA) is 38.8 Å². The summed E-state index contributed by atoms with van der Waals surface area (Å²) in [6, 6.07) is 7.63. The first-order valence-electron chi connectivity index (χ1n) is 5.75. The van der Waals surface area contributed by atoms with Gasteiger partial charge in [0.15, 0.2) is 12.0 Å². The van der Waals surface area contributed by atoms with E-state index < -0.39 is 11.0 Å². The SMILES string of the molecule is O=S1c2ccccc2SN1C1C=CC=C2OOC=C21. The van der Waals surface area contributed by atoms with Crippen LogP contribution >= 0.6 is 11.9 Å². The van der Waals surface area contributed by atoms with Crippen LogP contribution in [0.4, 0.5) is 0 Å². The molecule has 2 heterocycles. The van der Waals surface area contributed by atoms with Crippen molar-refractivity contribution in [3.63, 3.8) is 0 Å². The Kier molecular flexibility index (Phi) is 2.54. The molecule has 0 saturated carbocycles. The van der Waals surface area contributed by atoms with Gasteiger partial charge in [0.1, 0.15) is 11.0 Å². The quantitative estimate of drug-likeness (QED) is 0.589. The van der Waals surface area contributed by atoms with Gasteiger partial charge in [-0.1, -0.05) is 24.3 Å². The predicted molar refractivity (Wildman–Crippen MR) is 71.8 cm³/mol. The van der Waals surface area contributed by atoms with Gasteiger partial charge in [-0.2, -0.15) is 0 Å². The second-order valence-electron chi connectivity index (χ2n) is 4.19. The second kappa shape index (κ2) is 4.26. The summed E-state index contributed by atoms with van der Waals surface area (Å²) in [7, 11) is -1.18. The lowest BCUT2D eigenvalue weighted by Crippen LogP contribution is -2.29. The minimum atomic E-state index is -1.18. The molecule has 0 amide bonds. The van der Waals surface area contributed by atoms with Crippen molar-refractivity contribution >= 4 is 22.9 Å². The van der Waals surface area contributed by atoms with E-state index >= 15 is 0 Å². The van der Waals surface area contributed by atoms with Crippen LogP contribution in [-0.2, 0) is 20.8 Å². The molecular formula is C13H9NO3S2. The molecule has 0 N–H and O–H groups in total. The zero-order valence-corrected chi connectivity index (χ0v) is 11.3. The van der Waals surface area contributed by atoms with E-state index in [1.807, 2.05) is 46.2 Å². The van der Waals surface area contributed by atoms with E-state index in [-0.39, 0.29) is 6.04 Å². The van der Waals surface area contributed by atoms with E-state index in [0.717, 1.165) is 15.4 Å². The van der Waals surface area contributed by atoms with Crippen LogP contribution in [0.5, 0.6) is 0 Å². The summed E-state index contributed by atoms with van der Waals surface area (Å²) in [5.74, 6) is 0.682. The average molecular weight is 291 g/mol. The summed E-state index contributed by atoms with van der Waals surface area (Å²) in [6.45, 7) is 0. The van der Waals surface area contributed by atoms with E-state index in [2.05, 4.69) is 0 Å². The van der Waals surface area contributed by atoms with Crippen LogP contribution in [0.25, 0.3) is 0 Å². The Bertz CT molecular complexity index is 666. The maximum absolute atomic E-state index is 12.5. The molecule has 4 nitrogen and oxygen atoms in total. The summed E-state index contributed by atoms with van der Waals surface area (Å²) < 4.78 is 14.4. The first-order valence-corrected chi connectivity index (χ1v) is 7.63. The highest BCUT2D eigenvalue weighted by Gasteiger charge is 2.38. The molecule has 2 atom stereocenters. The summed E-state index contributed by atoms with van der Waals surface area (Å²) in [6.07, 6.45) is 7.30. The average Bonchev–Trinajstić information content (AvgIpc) is 3.04. The number of benzene rings is 1. The van der Waals surface area contributed by atoms with E-state index in [4.69, 9.17) is 9.78 Å². The van der Waals surface area contributed by atoms with E-state index in [1.165, 1.54) is 11.9 Å². The van der Waals surface area contributed by atoms with Crippen LogP contribution in [0.15, 0.2) is 69.9 Å². The molecule has 6 heteroatoms. The Hall–Kier alpha value is -1.50. The molecule has 4 rings (SSSR count). The molecule has 3 aliphatic rings. The lowest BCUT2D eigenvalue weighted by molar-refractivity contribution is -0.192. The number of fused-ring (bicyclic) bond motifs is 2. The second-order valence-corrected chi connectivity index (χ2v) is 6.76. The molecule has 0 bridgehead atoms. The number of rotatable bonds is 1. The Balaban J connectivity index is 1.71. The molecule has 0 radical (unpaired) electrons. The van der Waals surface area contributed by atoms with Crippen LogP contribution in [0, 0.1) is 0 Å². The molecule has 2 unspecified atom stereocenters. The van der Waals surface area contributed by atoms with Crippen molar-refractivity contribution in [1.82, 2.24) is 3.71 Å². The molecule has 2 aliphatic heterocycles. The van der Waals surface area contributed by atoms with Crippen LogP contribution in [0.3, 0.4) is 0 Å². The van der Waals surface area contributed by atoms with Gasteiger partial charge in [0, 0.05) is 4.90 Å². The first-order chi connectivity index (χ1) is 9.34. The lowest BCUT2D eigenvalue weighted by Gasteiger charge is -2.23. The number of allylic oxidation sites excluding steroid dienone is 2. The Morgan fingerprint density at radius 3 is 3.11 bits per heavy atom. The predicted octanol–water partition coefficient (Wildman–Crippen LogP) is 2.70. The first kappa shape index (κ1) is 11.3. The summed E-state index contributed by atoms with van der Waals surface area (Å²) in [4.78, 5) is 11.8. The van der Waals surface area contributed by atoms with Gasteiger partial charge in [0.05, 0.1) is 16.5 Å². The molecule has 0 aromatic heterocycles. The van der Waals surface area contributed by atoms with Crippen molar-refractivity contribution in [2.45, 2.75) is 15.8 Å². The molecular weight excluding hydrogens is 282 g/mol. The molecule has 0 saturated heterocycles. The van der Waals surface area contributed by atoms with Crippen molar-refractivity contribution in [3.8, 4) is 0 Å². The molecule has 1 aliphatic carbocycles. The fraction of sp³-hybridized carbons (Fsp3) is 0.0769. The molecule has 0 spiro atoms. The molecule has 0 fully saturated rings. The van der Waals surface area contributed by atoms with Crippen molar-refractivity contribution in [2.75, 3.05) is 0 Å². The van der Waals surface area contributed by atoms with E-state index in [0.29, 0.717) is 5.76 Å². The molecule has 19 heavy (non-hydrogen) atoms. The standard InChI is InChI=1S/C13H9NO3S2/c15-19-13-7-2-1-6-12(13)18-14(19)10-4-3-5-11-9(10)8-16-17-11/h1-8,10H. The zero-order chi connectivity index (χ0) is 12.8. The van der Waals surface area contributed by atoms with Gasteiger partial charge in [0.2, 0.25) is 0 Å². The third-order valence-corrected chi connectivity index (χ3v) is 6.08. The highest BCUT2D eigenvalue weighted by atomic mass is 32.2. The van der Waals surface area contributed by atoms with Gasteiger partial charge in [-0.15, -0.1) is 3.71 Å². The summed E-state index contributed by atoms with van der Waals surface area (Å²) in [5, 5.41) is 0. The van der Waals surface area contributed by atoms with Gasteiger partial charge in [-0.05, 0) is 30.2 Å². The maximum Gasteiger partial charge on any atom is 0.187 e. The maximum atomic E-state index is 12.5. The van der Waals surface area contributed by atoms with E-state index in [9.17, 15) is 4.21 Å². The van der Waals surface area contributed by atoms with Gasteiger partial charge in [-0.3, -0.25) is 9.78 Å². The minimum Gasteiger partial charge on any atom is -0.297 e. The van der Waals surface area contributed by atoms with Gasteiger partial charge >= 0.3 is 0 Å². The van der Waals surface area contributed by atoms with Crippen LogP contribution < -0.4 is 0 Å². The summed E-state index contributed by atoms with van der Waals surface area (Å²) in [5.41, 5.74) is 0.899. The molecule has 1 aromatic carbocycles. The largest absolute Gasteiger partial charge is 0.297 e. The fourth-order valence-electron chi connectivity index (χ4n) is 2.17. The molecule has 96 valence electrons. The summed E-state index contributed by atoms with van der Waals surface area (Å²) >= 11 is 1.50. The number of nitrogens with zero attached hydrogens (tertiary/aromatic N) is 1. The highest BCUT2D eigenvalue weighted by Crippen LogP contribution is 2.44. The van der Waals surface area contributed by atoms with Gasteiger partial charge in [-0.25, -0.2) is 4.21 Å². The monoisotopic (exact) mass is 291 g/mol. The van der Waals surface area contributed by atoms with Gasteiger partial charge < -0.3 is 0 Å². The van der Waals surface area contributed by atoms with Crippen LogP contribution in [-0.4, -0.2) is 14.0 Å². The number of hydrogen-bond acceptors (Lipinski definition) is 4. The fourth-order valence-corrected chi connectivity index (χ4v) is 5.05. The van der Waals surface area contributed by atoms with Crippen LogP contribution in [0.1, 0.15) is 0 Å². The van der Waals surface area contributed by atoms with Crippen LogP contribution in [0.2, 0.25) is 0 Å². The zero-order valence-electron chi connectivity index (χ0n) is 9.68. The van der Waals surface area contributed by atoms with E-state index in [1.54, 1.807) is 6.26 Å². The van der Waals surface area contributed by atoms with Crippen molar-refractivity contribution in [2.24, 2.45) is 0 Å². The Morgan fingerprint density at radius 1 is 1.32 bits per heavy atom. The lowest BCUT2D eigenvalue weighted by atomic mass is 10.0. The van der Waals surface area contributed by atoms with Gasteiger partial charge in [0.25, 0.3) is 0 Å². The van der Waals surface area contributed by atoms with Crippen molar-refractivity contribution < 1.29 is 14.0 Å². The number of hydrogen-bond donors (Lipinski definition) is 0. The minimum absolute atomic E-state index is 0.110. The van der Waals surface area contributed by atoms with Crippen molar-refractivity contribution in [3.05, 3.63) is 60.1 Å². The Labute approximate surface area is 117 Å². The normalized spacial score (nSPS) is 28.0. The Morgan fingerprint density at radius 2 is 2.21 bits per heavy atom. The third kappa shape index (κ3) is 1.68. The molecule has 1 aromatic rings. The van der Waals surface area contributed by atoms with Crippen molar-refractivity contribution in [1.29, 1.82) is 0 Å². The smallest absolute Gasteiger partial charge is 0.187 e.